The topological polar surface area (TPSA) is 12.4 Å². The van der Waals surface area contributed by atoms with Crippen LogP contribution >= 0.6 is 0 Å². The average Bonchev–Trinajstić information content (AvgIpc) is 1.66. The van der Waals surface area contributed by atoms with Gasteiger partial charge in [0.25, 0.3) is 0 Å². The first-order valence-electron chi connectivity index (χ1n) is 2.66. The minimum absolute atomic E-state index is 0.154. The van der Waals surface area contributed by atoms with Crippen molar-refractivity contribution >= 4 is 10.1 Å². The lowest BCUT2D eigenvalue weighted by atomic mass is 10.8. The van der Waals surface area contributed by atoms with E-state index >= 15 is 0 Å². The quantitative estimate of drug-likeness (QED) is 0.590. The molecule has 0 aromatic carbocycles. The van der Waals surface area contributed by atoms with Crippen LogP contribution in [-0.4, -0.2) is 12.3 Å². The van der Waals surface area contributed by atoms with Crippen molar-refractivity contribution in [2.24, 2.45) is 4.36 Å². The van der Waals surface area contributed by atoms with Crippen LogP contribution in [0.2, 0.25) is 0 Å². The molecule has 0 unspecified atom stereocenters. The molecule has 1 nitrogen and oxygen atoms in total. The Hall–Kier alpha value is -0.0600. The van der Waals surface area contributed by atoms with Crippen LogP contribution in [0.3, 0.4) is 0 Å². The maximum atomic E-state index is 12.1. The molecule has 0 rings (SSSR count). The maximum absolute atomic E-state index is 12.1. The molecule has 58 valence electrons. The fourth-order valence-electron chi connectivity index (χ4n) is 0.329. The van der Waals surface area contributed by atoms with Crippen molar-refractivity contribution in [1.29, 1.82) is 0 Å². The van der Waals surface area contributed by atoms with E-state index in [1.54, 1.807) is 0 Å². The van der Waals surface area contributed by atoms with Crippen LogP contribution in [0.4, 0.5) is 11.7 Å². The molecule has 0 aromatic heterocycles. The minimum Gasteiger partial charge on any atom is -0.207 e. The van der Waals surface area contributed by atoms with Crippen molar-refractivity contribution in [3.63, 3.8) is 0 Å². The maximum Gasteiger partial charge on any atom is 0.204 e. The van der Waals surface area contributed by atoms with Crippen LogP contribution in [0.1, 0.15) is 13.8 Å². The van der Waals surface area contributed by atoms with E-state index in [0.717, 1.165) is 6.92 Å². The predicted octanol–water partition coefficient (Wildman–Crippen LogP) is 2.55. The van der Waals surface area contributed by atoms with Gasteiger partial charge < -0.3 is 0 Å². The van der Waals surface area contributed by atoms with Gasteiger partial charge in [-0.25, -0.2) is 4.36 Å². The third kappa shape index (κ3) is 3.51. The smallest absolute Gasteiger partial charge is 0.204 e. The second-order valence-electron chi connectivity index (χ2n) is 1.57. The normalized spacial score (nSPS) is 16.3. The van der Waals surface area contributed by atoms with E-state index in [9.17, 15) is 11.7 Å². The molecule has 0 aliphatic rings. The first kappa shape index (κ1) is 8.94. The first-order chi connectivity index (χ1) is 3.89. The third-order valence-corrected chi connectivity index (χ3v) is 2.47. The first-order valence-corrected chi connectivity index (χ1v) is 4.53. The molecule has 0 aliphatic heterocycles. The van der Waals surface area contributed by atoms with Crippen molar-refractivity contribution in [1.82, 2.24) is 0 Å². The minimum atomic E-state index is -5.78. The Balaban J connectivity index is 4.49. The highest BCUT2D eigenvalue weighted by Crippen LogP contribution is 2.34. The van der Waals surface area contributed by atoms with Crippen LogP contribution in [0.5, 0.6) is 0 Å². The second-order valence-corrected chi connectivity index (χ2v) is 4.08. The number of hydrogen-bond donors (Lipinski definition) is 0. The number of rotatable bonds is 2. The van der Waals surface area contributed by atoms with Crippen LogP contribution in [0.25, 0.3) is 0 Å². The van der Waals surface area contributed by atoms with Gasteiger partial charge in [0.1, 0.15) is 0 Å². The Labute approximate surface area is 53.2 Å². The van der Waals surface area contributed by atoms with E-state index in [4.69, 9.17) is 0 Å². The largest absolute Gasteiger partial charge is 0.207 e. The zero-order valence-corrected chi connectivity index (χ0v) is 6.22. The molecule has 0 aliphatic carbocycles. The van der Waals surface area contributed by atoms with E-state index in [0.29, 0.717) is 0 Å². The molecule has 0 saturated carbocycles. The third-order valence-electron chi connectivity index (χ3n) is 0.823. The van der Waals surface area contributed by atoms with Crippen LogP contribution in [-0.2, 0) is 10.1 Å². The summed E-state index contributed by atoms with van der Waals surface area (Å²) in [6.45, 7) is 2.34. The van der Waals surface area contributed by atoms with E-state index < -0.39 is 15.9 Å². The van der Waals surface area contributed by atoms with Gasteiger partial charge in [-0.1, -0.05) is 0 Å². The van der Waals surface area contributed by atoms with Crippen molar-refractivity contribution in [3.8, 4) is 0 Å². The van der Waals surface area contributed by atoms with Crippen molar-refractivity contribution < 1.29 is 11.7 Å². The SMILES string of the molecule is CCN=S(F)(F)(F)CC. The molecule has 9 heavy (non-hydrogen) atoms. The van der Waals surface area contributed by atoms with Gasteiger partial charge in [0.15, 0.2) is 0 Å². The molecule has 0 spiro atoms. The van der Waals surface area contributed by atoms with Gasteiger partial charge in [-0.15, -0.1) is 11.7 Å². The summed E-state index contributed by atoms with van der Waals surface area (Å²) in [4.78, 5) is 0. The van der Waals surface area contributed by atoms with Gasteiger partial charge in [-0.2, -0.15) is 0 Å². The molecule has 0 aromatic rings. The van der Waals surface area contributed by atoms with Gasteiger partial charge in [0.2, 0.25) is 10.1 Å². The summed E-state index contributed by atoms with van der Waals surface area (Å²) in [7, 11) is -5.78. The summed E-state index contributed by atoms with van der Waals surface area (Å²) in [5.74, 6) is -0.787. The number of nitrogens with zero attached hydrogens (tertiary/aromatic N) is 1. The van der Waals surface area contributed by atoms with Gasteiger partial charge in [-0.05, 0) is 13.8 Å². The summed E-state index contributed by atoms with van der Waals surface area (Å²) in [6, 6.07) is 0. The molecular formula is C4H10F3NS. The molecule has 0 saturated heterocycles. The average molecular weight is 161 g/mol. The van der Waals surface area contributed by atoms with Crippen molar-refractivity contribution in [3.05, 3.63) is 0 Å². The van der Waals surface area contributed by atoms with E-state index in [-0.39, 0.29) is 6.54 Å². The van der Waals surface area contributed by atoms with Crippen LogP contribution < -0.4 is 0 Å². The predicted molar refractivity (Wildman–Crippen MR) is 34.2 cm³/mol. The van der Waals surface area contributed by atoms with Gasteiger partial charge in [0.05, 0.1) is 5.75 Å². The summed E-state index contributed by atoms with van der Waals surface area (Å²) < 4.78 is 39.0. The fourth-order valence-corrected chi connectivity index (χ4v) is 0.987. The molecule has 0 bridgehead atoms. The Bertz CT molecular complexity index is 148. The Morgan fingerprint density at radius 1 is 1.22 bits per heavy atom. The summed E-state index contributed by atoms with van der Waals surface area (Å²) in [6.07, 6.45) is 0. The van der Waals surface area contributed by atoms with E-state index in [1.807, 2.05) is 0 Å². The summed E-state index contributed by atoms with van der Waals surface area (Å²) >= 11 is 0. The van der Waals surface area contributed by atoms with Gasteiger partial charge in [0, 0.05) is 6.54 Å². The number of halogens is 3. The molecule has 0 amide bonds. The van der Waals surface area contributed by atoms with Crippen LogP contribution in [0.15, 0.2) is 4.36 Å². The molecule has 0 atom stereocenters. The Morgan fingerprint density at radius 3 is 1.78 bits per heavy atom. The number of hydrogen-bond acceptors (Lipinski definition) is 1. The molecule has 0 heterocycles. The highest BCUT2D eigenvalue weighted by Gasteiger charge is 2.28. The van der Waals surface area contributed by atoms with Crippen molar-refractivity contribution in [2.75, 3.05) is 12.3 Å². The molecule has 0 N–H and O–H groups in total. The summed E-state index contributed by atoms with van der Waals surface area (Å²) in [5.41, 5.74) is 0. The standard InChI is InChI=1S/C4H10F3NS/c1-3-8-9(5,6,7)4-2/h3-4H2,1-2H3. The highest BCUT2D eigenvalue weighted by atomic mass is 32.4. The lowest BCUT2D eigenvalue weighted by Crippen LogP contribution is -2.14. The van der Waals surface area contributed by atoms with Crippen molar-refractivity contribution in [2.45, 2.75) is 13.8 Å². The van der Waals surface area contributed by atoms with Gasteiger partial charge in [-0.3, -0.25) is 0 Å². The zero-order chi connectivity index (χ0) is 7.57. The van der Waals surface area contributed by atoms with Gasteiger partial charge >= 0.3 is 0 Å². The molecule has 5 heteroatoms. The highest BCUT2D eigenvalue weighted by molar-refractivity contribution is 8.08. The zero-order valence-electron chi connectivity index (χ0n) is 5.40. The van der Waals surface area contributed by atoms with E-state index in [2.05, 4.69) is 4.36 Å². The summed E-state index contributed by atoms with van der Waals surface area (Å²) in [5, 5.41) is 0. The lowest BCUT2D eigenvalue weighted by molar-refractivity contribution is 0.590. The fraction of sp³-hybridized carbons (Fsp3) is 1.00. The Morgan fingerprint density at radius 2 is 1.67 bits per heavy atom. The molecule has 0 radical (unpaired) electrons. The molecular weight excluding hydrogens is 151 g/mol. The second kappa shape index (κ2) is 2.28. The molecule has 0 fully saturated rings. The van der Waals surface area contributed by atoms with E-state index in [1.165, 1.54) is 6.92 Å². The lowest BCUT2D eigenvalue weighted by Gasteiger charge is -2.17. The Kier molecular flexibility index (Phi) is 2.27. The monoisotopic (exact) mass is 161 g/mol. The van der Waals surface area contributed by atoms with Crippen LogP contribution in [0, 0.1) is 0 Å².